The second-order valence-electron chi connectivity index (χ2n) is 7.88. The third-order valence-corrected chi connectivity index (χ3v) is 5.87. The van der Waals surface area contributed by atoms with Crippen molar-refractivity contribution in [3.63, 3.8) is 0 Å². The lowest BCUT2D eigenvalue weighted by molar-refractivity contribution is 0.112. The lowest BCUT2D eigenvalue weighted by Crippen LogP contribution is -2.46. The molecule has 28 heavy (non-hydrogen) atoms. The molecule has 4 heteroatoms. The second kappa shape index (κ2) is 9.18. The fourth-order valence-electron chi connectivity index (χ4n) is 4.19. The minimum absolute atomic E-state index is 0.629. The van der Waals surface area contributed by atoms with Crippen LogP contribution < -0.4 is 0 Å². The van der Waals surface area contributed by atoms with Crippen LogP contribution >= 0.6 is 0 Å². The van der Waals surface area contributed by atoms with E-state index in [1.165, 1.54) is 36.1 Å². The van der Waals surface area contributed by atoms with E-state index in [1.807, 2.05) is 6.20 Å². The maximum Gasteiger partial charge on any atom is 0.0695 e. The molecule has 0 spiro atoms. The number of aromatic amines is 1. The highest BCUT2D eigenvalue weighted by atomic mass is 15.2. The summed E-state index contributed by atoms with van der Waals surface area (Å²) in [5.41, 5.74) is 5.08. The number of H-pyrrole nitrogens is 1. The first-order chi connectivity index (χ1) is 13.8. The number of piperidine rings is 1. The molecule has 1 aliphatic rings. The van der Waals surface area contributed by atoms with Crippen LogP contribution in [0.5, 0.6) is 0 Å². The van der Waals surface area contributed by atoms with E-state index < -0.39 is 0 Å². The minimum Gasteiger partial charge on any atom is -0.302 e. The van der Waals surface area contributed by atoms with Gasteiger partial charge in [-0.05, 0) is 44.0 Å². The predicted octanol–water partition coefficient (Wildman–Crippen LogP) is 4.22. The fraction of sp³-hybridized carbons (Fsp3) is 0.375. The molecule has 4 nitrogen and oxygen atoms in total. The van der Waals surface area contributed by atoms with E-state index >= 15 is 0 Å². The molecule has 1 N–H and O–H groups in total. The Morgan fingerprint density at radius 2 is 1.82 bits per heavy atom. The van der Waals surface area contributed by atoms with Crippen LogP contribution in [-0.2, 0) is 13.0 Å². The van der Waals surface area contributed by atoms with Crippen molar-refractivity contribution < 1.29 is 0 Å². The van der Waals surface area contributed by atoms with Gasteiger partial charge in [0.05, 0.1) is 11.9 Å². The zero-order chi connectivity index (χ0) is 19.2. The van der Waals surface area contributed by atoms with E-state index in [9.17, 15) is 0 Å². The first-order valence-corrected chi connectivity index (χ1v) is 10.3. The van der Waals surface area contributed by atoms with Crippen molar-refractivity contribution in [2.24, 2.45) is 0 Å². The third-order valence-electron chi connectivity index (χ3n) is 5.87. The average molecular weight is 375 g/mol. The lowest BCUT2D eigenvalue weighted by Gasteiger charge is -2.37. The highest BCUT2D eigenvalue weighted by molar-refractivity contribution is 5.62. The molecular weight excluding hydrogens is 344 g/mol. The number of likely N-dealkylation sites (N-methyl/N-ethyl adjacent to an activating group) is 1. The van der Waals surface area contributed by atoms with Crippen molar-refractivity contribution in [3.05, 3.63) is 78.0 Å². The summed E-state index contributed by atoms with van der Waals surface area (Å²) in [4.78, 5) is 5.14. The van der Waals surface area contributed by atoms with Crippen LogP contribution in [-0.4, -0.2) is 52.7 Å². The van der Waals surface area contributed by atoms with E-state index in [0.717, 1.165) is 31.7 Å². The number of nitrogens with one attached hydrogen (secondary N) is 1. The van der Waals surface area contributed by atoms with Gasteiger partial charge in [0, 0.05) is 31.2 Å². The molecule has 2 heterocycles. The quantitative estimate of drug-likeness (QED) is 0.673. The van der Waals surface area contributed by atoms with Gasteiger partial charge in [-0.25, -0.2) is 0 Å². The molecule has 4 rings (SSSR count). The van der Waals surface area contributed by atoms with Crippen molar-refractivity contribution >= 4 is 0 Å². The van der Waals surface area contributed by atoms with Gasteiger partial charge in [0.2, 0.25) is 0 Å². The first kappa shape index (κ1) is 18.9. The van der Waals surface area contributed by atoms with Crippen LogP contribution in [0.15, 0.2) is 66.9 Å². The van der Waals surface area contributed by atoms with Crippen LogP contribution in [0.2, 0.25) is 0 Å². The minimum atomic E-state index is 0.629. The van der Waals surface area contributed by atoms with E-state index in [-0.39, 0.29) is 0 Å². The molecule has 1 atom stereocenters. The molecular formula is C24H30N4. The Hall–Kier alpha value is -2.43. The number of benzene rings is 2. The monoisotopic (exact) mass is 374 g/mol. The maximum absolute atomic E-state index is 4.32. The maximum atomic E-state index is 4.32. The molecule has 0 unspecified atom stereocenters. The van der Waals surface area contributed by atoms with E-state index in [2.05, 4.69) is 87.7 Å². The Morgan fingerprint density at radius 3 is 2.61 bits per heavy atom. The van der Waals surface area contributed by atoms with Gasteiger partial charge >= 0.3 is 0 Å². The van der Waals surface area contributed by atoms with E-state index in [4.69, 9.17) is 0 Å². The molecule has 0 bridgehead atoms. The standard InChI is InChI=1S/C24H30N4/c1-27(16-14-20-9-4-2-5-10-20)23-13-8-15-28(19-23)18-22-17-25-26-24(22)21-11-6-3-7-12-21/h2-7,9-12,17,23H,8,13-16,18-19H2,1H3,(H,25,26)/t23-/m1/s1. The largest absolute Gasteiger partial charge is 0.302 e. The zero-order valence-corrected chi connectivity index (χ0v) is 16.7. The summed E-state index contributed by atoms with van der Waals surface area (Å²) in [6.07, 6.45) is 5.66. The van der Waals surface area contributed by atoms with Gasteiger partial charge in [-0.2, -0.15) is 5.10 Å². The van der Waals surface area contributed by atoms with Gasteiger partial charge in [0.25, 0.3) is 0 Å². The summed E-state index contributed by atoms with van der Waals surface area (Å²) in [6.45, 7) is 4.38. The zero-order valence-electron chi connectivity index (χ0n) is 16.7. The molecule has 3 aromatic rings. The summed E-state index contributed by atoms with van der Waals surface area (Å²) in [6, 6.07) is 21.9. The molecule has 1 saturated heterocycles. The molecule has 0 amide bonds. The van der Waals surface area contributed by atoms with Crippen molar-refractivity contribution in [1.82, 2.24) is 20.0 Å². The van der Waals surface area contributed by atoms with Crippen molar-refractivity contribution in [1.29, 1.82) is 0 Å². The molecule has 146 valence electrons. The van der Waals surface area contributed by atoms with Crippen LogP contribution in [0.4, 0.5) is 0 Å². The Morgan fingerprint density at radius 1 is 1.07 bits per heavy atom. The predicted molar refractivity (Wildman–Crippen MR) is 115 cm³/mol. The number of hydrogen-bond acceptors (Lipinski definition) is 3. The normalized spacial score (nSPS) is 17.9. The third kappa shape index (κ3) is 4.70. The summed E-state index contributed by atoms with van der Waals surface area (Å²) < 4.78 is 0. The number of likely N-dealkylation sites (tertiary alicyclic amines) is 1. The number of hydrogen-bond donors (Lipinski definition) is 1. The molecule has 1 aliphatic heterocycles. The van der Waals surface area contributed by atoms with Gasteiger partial charge < -0.3 is 4.90 Å². The van der Waals surface area contributed by atoms with E-state index in [1.54, 1.807) is 0 Å². The summed E-state index contributed by atoms with van der Waals surface area (Å²) in [5, 5.41) is 7.52. The average Bonchev–Trinajstić information content (AvgIpc) is 3.21. The van der Waals surface area contributed by atoms with Crippen LogP contribution in [0.1, 0.15) is 24.0 Å². The Bertz CT molecular complexity index is 843. The topological polar surface area (TPSA) is 35.2 Å². The van der Waals surface area contributed by atoms with Gasteiger partial charge in [-0.1, -0.05) is 60.7 Å². The molecule has 1 aromatic heterocycles. The highest BCUT2D eigenvalue weighted by Gasteiger charge is 2.24. The molecule has 1 fully saturated rings. The van der Waals surface area contributed by atoms with Crippen molar-refractivity contribution in [3.8, 4) is 11.3 Å². The van der Waals surface area contributed by atoms with Gasteiger partial charge in [0.1, 0.15) is 0 Å². The van der Waals surface area contributed by atoms with Crippen LogP contribution in [0, 0.1) is 0 Å². The van der Waals surface area contributed by atoms with Crippen LogP contribution in [0.25, 0.3) is 11.3 Å². The summed E-state index contributed by atoms with van der Waals surface area (Å²) in [5.74, 6) is 0. The van der Waals surface area contributed by atoms with Crippen LogP contribution in [0.3, 0.4) is 0 Å². The Balaban J connectivity index is 1.35. The Labute approximate surface area is 168 Å². The van der Waals surface area contributed by atoms with Gasteiger partial charge in [-0.3, -0.25) is 10.00 Å². The smallest absolute Gasteiger partial charge is 0.0695 e. The SMILES string of the molecule is CN(CCc1ccccc1)[C@@H]1CCCN(Cc2cn[nH]c2-c2ccccc2)C1. The molecule has 2 aromatic carbocycles. The Kier molecular flexibility index (Phi) is 6.20. The number of aromatic nitrogens is 2. The first-order valence-electron chi connectivity index (χ1n) is 10.3. The number of rotatable bonds is 7. The summed E-state index contributed by atoms with van der Waals surface area (Å²) >= 11 is 0. The van der Waals surface area contributed by atoms with E-state index in [0.29, 0.717) is 6.04 Å². The van der Waals surface area contributed by atoms with Crippen molar-refractivity contribution in [2.45, 2.75) is 31.8 Å². The van der Waals surface area contributed by atoms with Crippen molar-refractivity contribution in [2.75, 3.05) is 26.7 Å². The second-order valence-corrected chi connectivity index (χ2v) is 7.88. The molecule has 0 aliphatic carbocycles. The molecule has 0 radical (unpaired) electrons. The van der Waals surface area contributed by atoms with Gasteiger partial charge in [0.15, 0.2) is 0 Å². The lowest BCUT2D eigenvalue weighted by atomic mass is 10.0. The molecule has 0 saturated carbocycles. The van der Waals surface area contributed by atoms with Gasteiger partial charge in [-0.15, -0.1) is 0 Å². The highest BCUT2D eigenvalue weighted by Crippen LogP contribution is 2.24. The number of nitrogens with zero attached hydrogens (tertiary/aromatic N) is 3. The summed E-state index contributed by atoms with van der Waals surface area (Å²) in [7, 11) is 2.28. The fourth-order valence-corrected chi connectivity index (χ4v) is 4.19.